The molecule has 4 bridgehead atoms. The van der Waals surface area contributed by atoms with Crippen molar-refractivity contribution in [1.82, 2.24) is 0 Å². The number of nitro benzene ring substituents is 1. The summed E-state index contributed by atoms with van der Waals surface area (Å²) in [4.78, 5) is 35.3. The molecule has 4 aliphatic rings. The number of hydrogen-bond donors (Lipinski definition) is 1. The first-order valence-corrected chi connectivity index (χ1v) is 9.71. The second-order valence-electron chi connectivity index (χ2n) is 8.66. The third-order valence-corrected chi connectivity index (χ3v) is 6.53. The van der Waals surface area contributed by atoms with Crippen LogP contribution in [0.3, 0.4) is 0 Å². The van der Waals surface area contributed by atoms with Gasteiger partial charge in [-0.15, -0.1) is 0 Å². The van der Waals surface area contributed by atoms with Crippen molar-refractivity contribution >= 4 is 23.3 Å². The van der Waals surface area contributed by atoms with Crippen molar-refractivity contribution < 1.29 is 23.6 Å². The number of nitrogens with zero attached hydrogens (tertiary/aromatic N) is 1. The molecule has 28 heavy (non-hydrogen) atoms. The smallest absolute Gasteiger partial charge is 0.312 e. The van der Waals surface area contributed by atoms with Crippen LogP contribution >= 0.6 is 0 Å². The number of rotatable bonds is 5. The van der Waals surface area contributed by atoms with E-state index in [1.54, 1.807) is 0 Å². The van der Waals surface area contributed by atoms with E-state index in [0.717, 1.165) is 31.4 Å². The fourth-order valence-electron chi connectivity index (χ4n) is 5.67. The molecular weight excluding hydrogens is 367 g/mol. The fourth-order valence-corrected chi connectivity index (χ4v) is 5.67. The second kappa shape index (κ2) is 6.83. The van der Waals surface area contributed by atoms with Gasteiger partial charge in [-0.2, -0.15) is 4.39 Å². The predicted octanol–water partition coefficient (Wildman–Crippen LogP) is 3.82. The number of carbonyl (C=O) groups excluding carboxylic acids is 2. The van der Waals surface area contributed by atoms with Crippen molar-refractivity contribution in [3.8, 4) is 0 Å². The molecule has 0 unspecified atom stereocenters. The van der Waals surface area contributed by atoms with Crippen molar-refractivity contribution in [3.63, 3.8) is 0 Å². The average molecular weight is 390 g/mol. The summed E-state index contributed by atoms with van der Waals surface area (Å²) in [6.07, 6.45) is 5.09. The third kappa shape index (κ3) is 3.36. The van der Waals surface area contributed by atoms with Gasteiger partial charge in [0.2, 0.25) is 5.82 Å². The van der Waals surface area contributed by atoms with E-state index in [1.165, 1.54) is 32.3 Å². The summed E-state index contributed by atoms with van der Waals surface area (Å²) in [5, 5.41) is 13.3. The maximum absolute atomic E-state index is 13.4. The molecule has 1 aromatic rings. The van der Waals surface area contributed by atoms with Crippen molar-refractivity contribution in [2.75, 3.05) is 5.32 Å². The van der Waals surface area contributed by atoms with Crippen LogP contribution in [-0.4, -0.2) is 22.9 Å². The zero-order chi connectivity index (χ0) is 20.1. The average Bonchev–Trinajstić information content (AvgIpc) is 2.61. The summed E-state index contributed by atoms with van der Waals surface area (Å²) < 4.78 is 18.9. The Kier molecular flexibility index (Phi) is 4.59. The van der Waals surface area contributed by atoms with Crippen molar-refractivity contribution in [3.05, 3.63) is 34.1 Å². The first-order chi connectivity index (χ1) is 13.3. The standard InChI is InChI=1S/C20H23FN2O5/c1-11(18(24)22-15-2-3-16(21)17(7-15)23(26)27)28-19(25)20-8-12-4-13(9-20)6-14(5-12)10-20/h2-3,7,11-14H,4-6,8-10H2,1H3,(H,22,24)/t11-,12?,13?,14?,20?/m1/s1. The normalized spacial score (nSPS) is 31.3. The van der Waals surface area contributed by atoms with E-state index in [9.17, 15) is 24.1 Å². The van der Waals surface area contributed by atoms with E-state index in [0.29, 0.717) is 17.8 Å². The third-order valence-electron chi connectivity index (χ3n) is 6.53. The van der Waals surface area contributed by atoms with E-state index in [1.807, 2.05) is 0 Å². The van der Waals surface area contributed by atoms with Gasteiger partial charge in [0, 0.05) is 11.8 Å². The summed E-state index contributed by atoms with van der Waals surface area (Å²) >= 11 is 0. The van der Waals surface area contributed by atoms with Gasteiger partial charge in [-0.25, -0.2) is 0 Å². The highest BCUT2D eigenvalue weighted by Gasteiger charge is 2.55. The number of ether oxygens (including phenoxy) is 1. The number of benzene rings is 1. The zero-order valence-corrected chi connectivity index (χ0v) is 15.7. The van der Waals surface area contributed by atoms with Crippen LogP contribution in [0.1, 0.15) is 45.4 Å². The van der Waals surface area contributed by atoms with Gasteiger partial charge in [0.1, 0.15) is 0 Å². The minimum absolute atomic E-state index is 0.0794. The molecule has 0 aliphatic heterocycles. The van der Waals surface area contributed by atoms with Gasteiger partial charge < -0.3 is 10.1 Å². The maximum Gasteiger partial charge on any atom is 0.312 e. The molecule has 1 atom stereocenters. The molecule has 4 saturated carbocycles. The molecule has 4 aliphatic carbocycles. The first-order valence-electron chi connectivity index (χ1n) is 9.71. The fraction of sp³-hybridized carbons (Fsp3) is 0.600. The molecular formula is C20H23FN2O5. The Labute approximate surface area is 161 Å². The van der Waals surface area contributed by atoms with Gasteiger partial charge in [0.25, 0.3) is 5.91 Å². The van der Waals surface area contributed by atoms with Gasteiger partial charge in [0.05, 0.1) is 10.3 Å². The summed E-state index contributed by atoms with van der Waals surface area (Å²) in [7, 11) is 0. The molecule has 7 nitrogen and oxygen atoms in total. The van der Waals surface area contributed by atoms with E-state index in [4.69, 9.17) is 4.74 Å². The maximum atomic E-state index is 13.4. The van der Waals surface area contributed by atoms with Crippen LogP contribution in [0.5, 0.6) is 0 Å². The van der Waals surface area contributed by atoms with Gasteiger partial charge in [-0.05, 0) is 75.3 Å². The van der Waals surface area contributed by atoms with Crippen LogP contribution in [0.25, 0.3) is 0 Å². The topological polar surface area (TPSA) is 98.5 Å². The molecule has 0 aromatic heterocycles. The molecule has 1 N–H and O–H groups in total. The number of hydrogen-bond acceptors (Lipinski definition) is 5. The van der Waals surface area contributed by atoms with Crippen LogP contribution in [0.2, 0.25) is 0 Å². The Hall–Kier alpha value is -2.51. The van der Waals surface area contributed by atoms with Gasteiger partial charge in [-0.3, -0.25) is 19.7 Å². The quantitative estimate of drug-likeness (QED) is 0.468. The minimum Gasteiger partial charge on any atom is -0.452 e. The summed E-state index contributed by atoms with van der Waals surface area (Å²) in [5.41, 5.74) is -1.11. The summed E-state index contributed by atoms with van der Waals surface area (Å²) in [6, 6.07) is 3.09. The molecule has 0 saturated heterocycles. The Morgan fingerprint density at radius 1 is 1.21 bits per heavy atom. The number of anilines is 1. The Morgan fingerprint density at radius 2 is 1.79 bits per heavy atom. The highest BCUT2D eigenvalue weighted by molar-refractivity contribution is 5.95. The predicted molar refractivity (Wildman–Crippen MR) is 97.8 cm³/mol. The van der Waals surface area contributed by atoms with Gasteiger partial charge in [0.15, 0.2) is 6.10 Å². The molecule has 1 aromatic carbocycles. The number of nitro groups is 1. The Bertz CT molecular complexity index is 805. The van der Waals surface area contributed by atoms with E-state index in [2.05, 4.69) is 5.32 Å². The Morgan fingerprint density at radius 3 is 2.32 bits per heavy atom. The molecule has 150 valence electrons. The number of esters is 1. The lowest BCUT2D eigenvalue weighted by Gasteiger charge is -2.55. The van der Waals surface area contributed by atoms with Crippen LogP contribution in [0.4, 0.5) is 15.8 Å². The highest BCUT2D eigenvalue weighted by atomic mass is 19.1. The van der Waals surface area contributed by atoms with E-state index >= 15 is 0 Å². The molecule has 5 rings (SSSR count). The number of carbonyl (C=O) groups is 2. The molecule has 0 heterocycles. The van der Waals surface area contributed by atoms with Crippen LogP contribution in [-0.2, 0) is 14.3 Å². The number of halogens is 1. The molecule has 0 spiro atoms. The van der Waals surface area contributed by atoms with Crippen molar-refractivity contribution in [2.24, 2.45) is 23.2 Å². The molecule has 0 radical (unpaired) electrons. The zero-order valence-electron chi connectivity index (χ0n) is 15.7. The minimum atomic E-state index is -1.04. The summed E-state index contributed by atoms with van der Waals surface area (Å²) in [6.45, 7) is 1.48. The second-order valence-corrected chi connectivity index (χ2v) is 8.66. The van der Waals surface area contributed by atoms with Gasteiger partial charge in [-0.1, -0.05) is 0 Å². The van der Waals surface area contributed by atoms with Crippen molar-refractivity contribution in [2.45, 2.75) is 51.6 Å². The first kappa shape index (κ1) is 18.8. The van der Waals surface area contributed by atoms with E-state index in [-0.39, 0.29) is 11.7 Å². The van der Waals surface area contributed by atoms with Gasteiger partial charge >= 0.3 is 11.7 Å². The molecule has 1 amide bonds. The molecule has 4 fully saturated rings. The lowest BCUT2D eigenvalue weighted by Crippen LogP contribution is -2.51. The van der Waals surface area contributed by atoms with Crippen LogP contribution < -0.4 is 5.32 Å². The van der Waals surface area contributed by atoms with Crippen molar-refractivity contribution in [1.29, 1.82) is 0 Å². The highest BCUT2D eigenvalue weighted by Crippen LogP contribution is 2.60. The number of amides is 1. The van der Waals surface area contributed by atoms with E-state index < -0.39 is 33.9 Å². The lowest BCUT2D eigenvalue weighted by atomic mass is 9.49. The summed E-state index contributed by atoms with van der Waals surface area (Å²) in [5.74, 6) is -0.129. The number of nitrogens with one attached hydrogen (secondary N) is 1. The lowest BCUT2D eigenvalue weighted by molar-refractivity contribution is -0.387. The van der Waals surface area contributed by atoms with Crippen LogP contribution in [0.15, 0.2) is 18.2 Å². The molecule has 8 heteroatoms. The SMILES string of the molecule is C[C@@H](OC(=O)C12CC3CC(CC(C3)C1)C2)C(=O)Nc1ccc(F)c([N+](=O)[O-])c1. The Balaban J connectivity index is 1.40. The largest absolute Gasteiger partial charge is 0.452 e. The monoisotopic (exact) mass is 390 g/mol. The van der Waals surface area contributed by atoms with Crippen LogP contribution in [0, 0.1) is 39.1 Å².